The molecule has 2 aliphatic rings. The van der Waals surface area contributed by atoms with Gasteiger partial charge in [0, 0.05) is 19.1 Å². The Bertz CT molecular complexity index is 563. The van der Waals surface area contributed by atoms with Gasteiger partial charge in [-0.05, 0) is 25.0 Å². The fourth-order valence-corrected chi connectivity index (χ4v) is 3.71. The zero-order valence-electron chi connectivity index (χ0n) is 11.4. The number of nitrogens with zero attached hydrogens (tertiary/aromatic N) is 2. The van der Waals surface area contributed by atoms with Crippen molar-refractivity contribution in [2.24, 2.45) is 0 Å². The smallest absolute Gasteiger partial charge is 0.186 e. The van der Waals surface area contributed by atoms with Crippen molar-refractivity contribution in [1.29, 1.82) is 0 Å². The second kappa shape index (κ2) is 5.31. The van der Waals surface area contributed by atoms with Gasteiger partial charge in [-0.2, -0.15) is 0 Å². The minimum Gasteiger partial charge on any atom is -0.377 e. The minimum atomic E-state index is 0.407. The fourth-order valence-electron chi connectivity index (χ4n) is 2.65. The number of thiazole rings is 1. The zero-order chi connectivity index (χ0) is 13.4. The molecule has 1 aliphatic carbocycles. The summed E-state index contributed by atoms with van der Waals surface area (Å²) < 4.78 is 6.92. The van der Waals surface area contributed by atoms with E-state index >= 15 is 0 Å². The van der Waals surface area contributed by atoms with E-state index in [9.17, 15) is 0 Å². The number of para-hydroxylation sites is 1. The average Bonchev–Trinajstić information content (AvgIpc) is 3.22. The molecule has 1 saturated carbocycles. The number of morpholine rings is 1. The molecule has 20 heavy (non-hydrogen) atoms. The number of aromatic nitrogens is 1. The first-order valence-corrected chi connectivity index (χ1v) is 8.15. The van der Waals surface area contributed by atoms with Crippen LogP contribution in [0, 0.1) is 0 Å². The van der Waals surface area contributed by atoms with Crippen molar-refractivity contribution in [2.45, 2.75) is 24.9 Å². The molecule has 1 aromatic heterocycles. The molecule has 2 fully saturated rings. The maximum Gasteiger partial charge on any atom is 0.186 e. The first kappa shape index (κ1) is 12.6. The molecule has 1 aliphatic heterocycles. The van der Waals surface area contributed by atoms with Crippen LogP contribution >= 0.6 is 11.3 Å². The summed E-state index contributed by atoms with van der Waals surface area (Å²) in [4.78, 5) is 7.21. The Morgan fingerprint density at radius 2 is 2.25 bits per heavy atom. The summed E-state index contributed by atoms with van der Waals surface area (Å²) in [6.45, 7) is 3.54. The molecule has 1 aromatic carbocycles. The molecule has 1 atom stereocenters. The number of rotatable bonds is 4. The first-order valence-electron chi connectivity index (χ1n) is 7.33. The molecule has 1 unspecified atom stereocenters. The van der Waals surface area contributed by atoms with Crippen LogP contribution in [0.3, 0.4) is 0 Å². The molecule has 2 aromatic rings. The monoisotopic (exact) mass is 289 g/mol. The number of nitrogens with one attached hydrogen (secondary N) is 1. The topological polar surface area (TPSA) is 37.4 Å². The average molecular weight is 289 g/mol. The number of hydrogen-bond donors (Lipinski definition) is 1. The summed E-state index contributed by atoms with van der Waals surface area (Å²) >= 11 is 1.79. The highest BCUT2D eigenvalue weighted by molar-refractivity contribution is 7.22. The lowest BCUT2D eigenvalue weighted by Crippen LogP contribution is -2.50. The lowest BCUT2D eigenvalue weighted by Gasteiger charge is -2.35. The van der Waals surface area contributed by atoms with Gasteiger partial charge < -0.3 is 15.0 Å². The van der Waals surface area contributed by atoms with E-state index in [1.165, 1.54) is 17.5 Å². The van der Waals surface area contributed by atoms with Gasteiger partial charge in [0.1, 0.15) is 0 Å². The van der Waals surface area contributed by atoms with E-state index < -0.39 is 0 Å². The maximum atomic E-state index is 5.66. The van der Waals surface area contributed by atoms with Crippen molar-refractivity contribution in [2.75, 3.05) is 31.2 Å². The van der Waals surface area contributed by atoms with Crippen LogP contribution in [0.2, 0.25) is 0 Å². The van der Waals surface area contributed by atoms with Gasteiger partial charge in [0.05, 0.1) is 29.5 Å². The molecule has 0 spiro atoms. The Kier molecular flexibility index (Phi) is 3.34. The molecule has 0 bridgehead atoms. The molecule has 106 valence electrons. The third kappa shape index (κ3) is 2.53. The molecular formula is C15H19N3OS. The number of ether oxygens (including phenoxy) is 1. The second-order valence-corrected chi connectivity index (χ2v) is 6.58. The Morgan fingerprint density at radius 1 is 1.35 bits per heavy atom. The predicted octanol–water partition coefficient (Wildman–Crippen LogP) is 2.25. The number of anilines is 1. The molecular weight excluding hydrogens is 270 g/mol. The van der Waals surface area contributed by atoms with Crippen LogP contribution in [0.1, 0.15) is 12.8 Å². The molecule has 1 saturated heterocycles. The van der Waals surface area contributed by atoms with Crippen LogP contribution in [0.4, 0.5) is 5.13 Å². The second-order valence-electron chi connectivity index (χ2n) is 5.57. The standard InChI is InChI=1S/C15H19N3OS/c1-2-4-14-13(3-1)17-15(20-14)18-7-8-19-10-12(18)9-16-11-5-6-11/h1-4,11-12,16H,5-10H2. The summed E-state index contributed by atoms with van der Waals surface area (Å²) in [6, 6.07) is 9.52. The van der Waals surface area contributed by atoms with Crippen LogP contribution in [0.15, 0.2) is 24.3 Å². The maximum absolute atomic E-state index is 5.66. The highest BCUT2D eigenvalue weighted by Gasteiger charge is 2.28. The van der Waals surface area contributed by atoms with Crippen molar-refractivity contribution in [3.8, 4) is 0 Å². The van der Waals surface area contributed by atoms with Crippen LogP contribution in [0.5, 0.6) is 0 Å². The van der Waals surface area contributed by atoms with Gasteiger partial charge in [-0.25, -0.2) is 4.98 Å². The quantitative estimate of drug-likeness (QED) is 0.937. The predicted molar refractivity (Wildman–Crippen MR) is 82.6 cm³/mol. The van der Waals surface area contributed by atoms with Gasteiger partial charge in [0.2, 0.25) is 0 Å². The van der Waals surface area contributed by atoms with E-state index in [4.69, 9.17) is 9.72 Å². The first-order chi connectivity index (χ1) is 9.90. The summed E-state index contributed by atoms with van der Waals surface area (Å²) in [6.07, 6.45) is 2.66. The van der Waals surface area contributed by atoms with Gasteiger partial charge in [0.25, 0.3) is 0 Å². The number of hydrogen-bond acceptors (Lipinski definition) is 5. The minimum absolute atomic E-state index is 0.407. The Balaban J connectivity index is 1.56. The van der Waals surface area contributed by atoms with Crippen LogP contribution in [0.25, 0.3) is 10.2 Å². The number of benzene rings is 1. The molecule has 4 rings (SSSR count). The van der Waals surface area contributed by atoms with Crippen LogP contribution in [-0.2, 0) is 4.74 Å². The highest BCUT2D eigenvalue weighted by atomic mass is 32.1. The molecule has 0 radical (unpaired) electrons. The van der Waals surface area contributed by atoms with Crippen molar-refractivity contribution < 1.29 is 4.74 Å². The molecule has 2 heterocycles. The summed E-state index contributed by atoms with van der Waals surface area (Å²) in [5, 5.41) is 4.75. The van der Waals surface area contributed by atoms with Crippen LogP contribution < -0.4 is 10.2 Å². The van der Waals surface area contributed by atoms with Gasteiger partial charge in [-0.15, -0.1) is 0 Å². The van der Waals surface area contributed by atoms with Crippen molar-refractivity contribution in [3.05, 3.63) is 24.3 Å². The summed E-state index contributed by atoms with van der Waals surface area (Å²) in [5.74, 6) is 0. The van der Waals surface area contributed by atoms with E-state index in [0.717, 1.165) is 43.0 Å². The summed E-state index contributed by atoms with van der Waals surface area (Å²) in [5.41, 5.74) is 1.10. The number of fused-ring (bicyclic) bond motifs is 1. The van der Waals surface area contributed by atoms with E-state index in [-0.39, 0.29) is 0 Å². The zero-order valence-corrected chi connectivity index (χ0v) is 12.2. The third-order valence-electron chi connectivity index (χ3n) is 3.98. The van der Waals surface area contributed by atoms with Gasteiger partial charge >= 0.3 is 0 Å². The van der Waals surface area contributed by atoms with E-state index in [2.05, 4.69) is 34.5 Å². The molecule has 4 nitrogen and oxygen atoms in total. The fraction of sp³-hybridized carbons (Fsp3) is 0.533. The third-order valence-corrected chi connectivity index (χ3v) is 5.05. The van der Waals surface area contributed by atoms with Gasteiger partial charge in [-0.1, -0.05) is 23.5 Å². The van der Waals surface area contributed by atoms with Crippen LogP contribution in [-0.4, -0.2) is 43.4 Å². The molecule has 0 amide bonds. The normalized spacial score (nSPS) is 23.4. The lowest BCUT2D eigenvalue weighted by molar-refractivity contribution is 0.0936. The Morgan fingerprint density at radius 3 is 3.10 bits per heavy atom. The van der Waals surface area contributed by atoms with Crippen molar-refractivity contribution in [3.63, 3.8) is 0 Å². The molecule has 5 heteroatoms. The van der Waals surface area contributed by atoms with E-state index in [1.807, 2.05) is 0 Å². The summed E-state index contributed by atoms with van der Waals surface area (Å²) in [7, 11) is 0. The van der Waals surface area contributed by atoms with Gasteiger partial charge in [0.15, 0.2) is 5.13 Å². The largest absolute Gasteiger partial charge is 0.377 e. The van der Waals surface area contributed by atoms with Crippen molar-refractivity contribution >= 4 is 26.7 Å². The SMILES string of the molecule is c1ccc2sc(N3CCOCC3CNC3CC3)nc2c1. The van der Waals surface area contributed by atoms with E-state index in [1.54, 1.807) is 11.3 Å². The highest BCUT2D eigenvalue weighted by Crippen LogP contribution is 2.30. The lowest BCUT2D eigenvalue weighted by atomic mass is 10.2. The van der Waals surface area contributed by atoms with Crippen molar-refractivity contribution in [1.82, 2.24) is 10.3 Å². The Labute approximate surface area is 122 Å². The van der Waals surface area contributed by atoms with E-state index in [0.29, 0.717) is 6.04 Å². The molecule has 1 N–H and O–H groups in total. The Hall–Kier alpha value is -1.17. The van der Waals surface area contributed by atoms with Gasteiger partial charge in [-0.3, -0.25) is 0 Å².